The second-order valence-electron chi connectivity index (χ2n) is 3.41. The lowest BCUT2D eigenvalue weighted by atomic mass is 10.3. The lowest BCUT2D eigenvalue weighted by Gasteiger charge is -2.06. The van der Waals surface area contributed by atoms with Gasteiger partial charge in [-0.3, -0.25) is 4.79 Å². The topological polar surface area (TPSA) is 46.9 Å². The number of aromatic nitrogens is 2. The van der Waals surface area contributed by atoms with E-state index < -0.39 is 0 Å². The number of halogens is 2. The zero-order valence-electron chi connectivity index (χ0n) is 8.73. The molecule has 1 heterocycles. The lowest BCUT2D eigenvalue weighted by molar-refractivity contribution is -0.116. The molecule has 0 spiro atoms. The smallest absolute Gasteiger partial charge is 0.244 e. The maximum absolute atomic E-state index is 11.6. The van der Waals surface area contributed by atoms with Gasteiger partial charge in [0.1, 0.15) is 6.54 Å². The van der Waals surface area contributed by atoms with Crippen molar-refractivity contribution < 1.29 is 4.79 Å². The van der Waals surface area contributed by atoms with Gasteiger partial charge in [-0.05, 0) is 18.2 Å². The normalized spacial score (nSPS) is 10.2. The van der Waals surface area contributed by atoms with Crippen molar-refractivity contribution in [2.75, 3.05) is 5.32 Å². The minimum absolute atomic E-state index is 0.151. The summed E-state index contributed by atoms with van der Waals surface area (Å²) in [5, 5.41) is 3.58. The molecule has 0 aliphatic rings. The lowest BCUT2D eigenvalue weighted by Crippen LogP contribution is -2.17. The first-order chi connectivity index (χ1) is 8.15. The van der Waals surface area contributed by atoms with Crippen LogP contribution in [0.5, 0.6) is 0 Å². The molecule has 0 bridgehead atoms. The van der Waals surface area contributed by atoms with Gasteiger partial charge in [0.15, 0.2) is 0 Å². The predicted octanol–water partition coefficient (Wildman–Crippen LogP) is 2.83. The molecule has 1 aromatic carbocycles. The molecule has 0 aliphatic carbocycles. The second kappa shape index (κ2) is 5.21. The molecule has 0 unspecified atom stereocenters. The summed E-state index contributed by atoms with van der Waals surface area (Å²) in [6, 6.07) is 4.94. The third-order valence-electron chi connectivity index (χ3n) is 2.09. The van der Waals surface area contributed by atoms with E-state index in [1.165, 1.54) is 0 Å². The molecule has 4 nitrogen and oxygen atoms in total. The summed E-state index contributed by atoms with van der Waals surface area (Å²) in [4.78, 5) is 15.5. The molecule has 2 aromatic rings. The Morgan fingerprint density at radius 1 is 1.35 bits per heavy atom. The van der Waals surface area contributed by atoms with Gasteiger partial charge in [0, 0.05) is 18.1 Å². The van der Waals surface area contributed by atoms with Gasteiger partial charge < -0.3 is 9.88 Å². The number of nitrogens with zero attached hydrogens (tertiary/aromatic N) is 2. The van der Waals surface area contributed by atoms with Crippen LogP contribution in [0.2, 0.25) is 10.0 Å². The van der Waals surface area contributed by atoms with Gasteiger partial charge in [-0.15, -0.1) is 0 Å². The second-order valence-corrected chi connectivity index (χ2v) is 4.23. The van der Waals surface area contributed by atoms with Crippen LogP contribution in [0.1, 0.15) is 0 Å². The maximum atomic E-state index is 11.6. The number of hydrogen-bond donors (Lipinski definition) is 1. The molecule has 0 radical (unpaired) electrons. The van der Waals surface area contributed by atoms with Crippen molar-refractivity contribution >= 4 is 34.8 Å². The summed E-state index contributed by atoms with van der Waals surface area (Å²) in [6.45, 7) is 0.209. The van der Waals surface area contributed by atoms with E-state index in [-0.39, 0.29) is 12.5 Å². The SMILES string of the molecule is O=C(Cn1ccnc1)Nc1ccc(Cl)c(Cl)c1. The first-order valence-corrected chi connectivity index (χ1v) is 5.61. The number of nitrogens with one attached hydrogen (secondary N) is 1. The van der Waals surface area contributed by atoms with Crippen LogP contribution in [-0.4, -0.2) is 15.5 Å². The van der Waals surface area contributed by atoms with Crippen molar-refractivity contribution in [3.63, 3.8) is 0 Å². The molecule has 0 fully saturated rings. The van der Waals surface area contributed by atoms with Gasteiger partial charge in [0.05, 0.1) is 16.4 Å². The zero-order chi connectivity index (χ0) is 12.3. The number of amides is 1. The van der Waals surface area contributed by atoms with Crippen molar-refractivity contribution in [1.82, 2.24) is 9.55 Å². The van der Waals surface area contributed by atoms with E-state index in [4.69, 9.17) is 23.2 Å². The van der Waals surface area contributed by atoms with Crippen LogP contribution in [0.15, 0.2) is 36.9 Å². The number of carbonyl (C=O) groups excluding carboxylic acids is 1. The minimum Gasteiger partial charge on any atom is -0.328 e. The molecule has 88 valence electrons. The molecule has 17 heavy (non-hydrogen) atoms. The Bertz CT molecular complexity index is 526. The van der Waals surface area contributed by atoms with E-state index in [9.17, 15) is 4.79 Å². The Balaban J connectivity index is 2.00. The summed E-state index contributed by atoms with van der Waals surface area (Å²) < 4.78 is 1.67. The van der Waals surface area contributed by atoms with Gasteiger partial charge >= 0.3 is 0 Å². The Hall–Kier alpha value is -1.52. The van der Waals surface area contributed by atoms with Gasteiger partial charge in [-0.25, -0.2) is 4.98 Å². The van der Waals surface area contributed by atoms with Crippen molar-refractivity contribution in [2.24, 2.45) is 0 Å². The molecule has 1 aromatic heterocycles. The minimum atomic E-state index is -0.151. The van der Waals surface area contributed by atoms with Crippen molar-refractivity contribution in [3.05, 3.63) is 47.0 Å². The first-order valence-electron chi connectivity index (χ1n) is 4.86. The molecule has 0 atom stereocenters. The maximum Gasteiger partial charge on any atom is 0.244 e. The summed E-state index contributed by atoms with van der Waals surface area (Å²) in [5.41, 5.74) is 0.615. The molecule has 6 heteroatoms. The van der Waals surface area contributed by atoms with E-state index in [0.29, 0.717) is 15.7 Å². The number of anilines is 1. The highest BCUT2D eigenvalue weighted by atomic mass is 35.5. The fraction of sp³-hybridized carbons (Fsp3) is 0.0909. The molecule has 1 N–H and O–H groups in total. The van der Waals surface area contributed by atoms with Crippen molar-refractivity contribution in [3.8, 4) is 0 Å². The highest BCUT2D eigenvalue weighted by Gasteiger charge is 2.05. The summed E-state index contributed by atoms with van der Waals surface area (Å²) in [6.07, 6.45) is 4.91. The first kappa shape index (κ1) is 12.0. The number of rotatable bonds is 3. The standard InChI is InChI=1S/C11H9Cl2N3O/c12-9-2-1-8(5-10(9)13)15-11(17)6-16-4-3-14-7-16/h1-5,7H,6H2,(H,15,17). The molecular weight excluding hydrogens is 261 g/mol. The van der Waals surface area contributed by atoms with Gasteiger partial charge in [0.25, 0.3) is 0 Å². The Kier molecular flexibility index (Phi) is 3.66. The highest BCUT2D eigenvalue weighted by Crippen LogP contribution is 2.24. The van der Waals surface area contributed by atoms with E-state index >= 15 is 0 Å². The zero-order valence-corrected chi connectivity index (χ0v) is 10.2. The quantitative estimate of drug-likeness (QED) is 0.932. The predicted molar refractivity (Wildman–Crippen MR) is 67.3 cm³/mol. The highest BCUT2D eigenvalue weighted by molar-refractivity contribution is 6.42. The molecule has 0 aliphatic heterocycles. The van der Waals surface area contributed by atoms with E-state index in [1.54, 1.807) is 41.5 Å². The summed E-state index contributed by atoms with van der Waals surface area (Å²) in [5.74, 6) is -0.151. The van der Waals surface area contributed by atoms with E-state index in [0.717, 1.165) is 0 Å². The van der Waals surface area contributed by atoms with Crippen LogP contribution in [0.3, 0.4) is 0 Å². The molecule has 2 rings (SSSR count). The monoisotopic (exact) mass is 269 g/mol. The van der Waals surface area contributed by atoms with Gasteiger partial charge in [-0.2, -0.15) is 0 Å². The Labute approximate surface area is 108 Å². The van der Waals surface area contributed by atoms with Crippen LogP contribution >= 0.6 is 23.2 Å². The third kappa shape index (κ3) is 3.22. The van der Waals surface area contributed by atoms with Crippen molar-refractivity contribution in [2.45, 2.75) is 6.54 Å². The van der Waals surface area contributed by atoms with Crippen LogP contribution in [0, 0.1) is 0 Å². The Morgan fingerprint density at radius 3 is 2.82 bits per heavy atom. The number of imidazole rings is 1. The van der Waals surface area contributed by atoms with Crippen LogP contribution < -0.4 is 5.32 Å². The number of benzene rings is 1. The van der Waals surface area contributed by atoms with Crippen LogP contribution in [0.25, 0.3) is 0 Å². The summed E-state index contributed by atoms with van der Waals surface area (Å²) >= 11 is 11.6. The fourth-order valence-electron chi connectivity index (χ4n) is 1.32. The van der Waals surface area contributed by atoms with E-state index in [1.807, 2.05) is 0 Å². The van der Waals surface area contributed by atoms with Crippen LogP contribution in [-0.2, 0) is 11.3 Å². The molecular formula is C11H9Cl2N3O. The van der Waals surface area contributed by atoms with Crippen LogP contribution in [0.4, 0.5) is 5.69 Å². The van der Waals surface area contributed by atoms with Gasteiger partial charge in [-0.1, -0.05) is 23.2 Å². The van der Waals surface area contributed by atoms with Crippen molar-refractivity contribution in [1.29, 1.82) is 0 Å². The number of carbonyl (C=O) groups is 1. The fourth-order valence-corrected chi connectivity index (χ4v) is 1.62. The largest absolute Gasteiger partial charge is 0.328 e. The molecule has 0 saturated heterocycles. The third-order valence-corrected chi connectivity index (χ3v) is 2.83. The molecule has 1 amide bonds. The van der Waals surface area contributed by atoms with Gasteiger partial charge in [0.2, 0.25) is 5.91 Å². The average Bonchev–Trinajstić information content (AvgIpc) is 2.76. The number of hydrogen-bond acceptors (Lipinski definition) is 2. The van der Waals surface area contributed by atoms with E-state index in [2.05, 4.69) is 10.3 Å². The average molecular weight is 270 g/mol. The summed E-state index contributed by atoms with van der Waals surface area (Å²) in [7, 11) is 0. The Morgan fingerprint density at radius 2 is 2.18 bits per heavy atom. The molecule has 0 saturated carbocycles.